The standard InChI is InChI=1S/C28H33ClN8O/c1-34(2)8-9-36-10-12-37(13-11-36)28-32-25-6-4-21(22-5-7-26(38)35(3)19-22)15-24(25)27(33-28)31-17-20-14-23(29)18-30-16-20/h4-7,14-16,18-19H,8-13,17H2,1-3H3,(H,31,32,33). The molecule has 1 aromatic carbocycles. The fraction of sp³-hybridized carbons (Fsp3) is 0.357. The van der Waals surface area contributed by atoms with E-state index in [0.717, 1.165) is 78.6 Å². The number of hydrogen-bond acceptors (Lipinski definition) is 8. The van der Waals surface area contributed by atoms with Crippen LogP contribution in [-0.4, -0.2) is 82.7 Å². The summed E-state index contributed by atoms with van der Waals surface area (Å²) in [5, 5.41) is 5.02. The molecule has 10 heteroatoms. The van der Waals surface area contributed by atoms with Gasteiger partial charge in [0, 0.05) is 82.9 Å². The maximum Gasteiger partial charge on any atom is 0.250 e. The highest BCUT2D eigenvalue weighted by molar-refractivity contribution is 6.30. The Morgan fingerprint density at radius 3 is 2.53 bits per heavy atom. The van der Waals surface area contributed by atoms with E-state index in [9.17, 15) is 4.79 Å². The van der Waals surface area contributed by atoms with Gasteiger partial charge in [-0.2, -0.15) is 4.98 Å². The van der Waals surface area contributed by atoms with Crippen LogP contribution in [0.5, 0.6) is 0 Å². The highest BCUT2D eigenvalue weighted by atomic mass is 35.5. The van der Waals surface area contributed by atoms with E-state index in [4.69, 9.17) is 21.6 Å². The average molecular weight is 533 g/mol. The number of likely N-dealkylation sites (N-methyl/N-ethyl adjacent to an activating group) is 1. The summed E-state index contributed by atoms with van der Waals surface area (Å²) >= 11 is 6.16. The van der Waals surface area contributed by atoms with Crippen molar-refractivity contribution >= 4 is 34.3 Å². The number of benzene rings is 1. The van der Waals surface area contributed by atoms with Crippen molar-refractivity contribution in [2.45, 2.75) is 6.54 Å². The van der Waals surface area contributed by atoms with E-state index in [1.807, 2.05) is 30.5 Å². The molecule has 1 fully saturated rings. The molecule has 198 valence electrons. The Kier molecular flexibility index (Phi) is 7.87. The van der Waals surface area contributed by atoms with Crippen molar-refractivity contribution < 1.29 is 0 Å². The molecule has 0 bridgehead atoms. The number of nitrogens with one attached hydrogen (secondary N) is 1. The first kappa shape index (κ1) is 26.1. The molecule has 4 heterocycles. The van der Waals surface area contributed by atoms with E-state index in [1.54, 1.807) is 30.1 Å². The molecule has 0 spiro atoms. The van der Waals surface area contributed by atoms with Crippen molar-refractivity contribution in [2.75, 3.05) is 63.6 Å². The van der Waals surface area contributed by atoms with Gasteiger partial charge in [0.25, 0.3) is 0 Å². The van der Waals surface area contributed by atoms with Gasteiger partial charge in [-0.25, -0.2) is 4.98 Å². The van der Waals surface area contributed by atoms with Crippen LogP contribution in [0.1, 0.15) is 5.56 Å². The maximum atomic E-state index is 11.9. The van der Waals surface area contributed by atoms with Gasteiger partial charge in [0.1, 0.15) is 5.82 Å². The minimum Gasteiger partial charge on any atom is -0.365 e. The summed E-state index contributed by atoms with van der Waals surface area (Å²) in [7, 11) is 5.98. The van der Waals surface area contributed by atoms with E-state index < -0.39 is 0 Å². The lowest BCUT2D eigenvalue weighted by Gasteiger charge is -2.35. The first-order chi connectivity index (χ1) is 18.4. The molecule has 5 rings (SSSR count). The summed E-state index contributed by atoms with van der Waals surface area (Å²) < 4.78 is 1.59. The van der Waals surface area contributed by atoms with Gasteiger partial charge in [0.15, 0.2) is 0 Å². The molecule has 0 saturated carbocycles. The topological polar surface area (TPSA) is 82.4 Å². The van der Waals surface area contributed by atoms with Crippen molar-refractivity contribution in [3.05, 3.63) is 75.9 Å². The zero-order valence-electron chi connectivity index (χ0n) is 22.1. The van der Waals surface area contributed by atoms with Crippen LogP contribution in [0.3, 0.4) is 0 Å². The molecule has 4 aromatic rings. The summed E-state index contributed by atoms with van der Waals surface area (Å²) in [6.07, 6.45) is 5.27. The van der Waals surface area contributed by atoms with E-state index in [-0.39, 0.29) is 5.56 Å². The van der Waals surface area contributed by atoms with Crippen molar-refractivity contribution in [2.24, 2.45) is 7.05 Å². The summed E-state index contributed by atoms with van der Waals surface area (Å²) in [5.41, 5.74) is 3.74. The number of anilines is 2. The minimum absolute atomic E-state index is 0.0400. The SMILES string of the molecule is CN(C)CCN1CCN(c2nc(NCc3cncc(Cl)c3)c3cc(-c4ccc(=O)n(C)c4)ccc3n2)CC1. The van der Waals surface area contributed by atoms with Crippen LogP contribution in [0.25, 0.3) is 22.0 Å². The molecule has 9 nitrogen and oxygen atoms in total. The zero-order valence-corrected chi connectivity index (χ0v) is 22.8. The van der Waals surface area contributed by atoms with Crippen molar-refractivity contribution in [3.63, 3.8) is 0 Å². The molecule has 0 aliphatic carbocycles. The Morgan fingerprint density at radius 1 is 1.00 bits per heavy atom. The van der Waals surface area contributed by atoms with Crippen LogP contribution in [-0.2, 0) is 13.6 Å². The Morgan fingerprint density at radius 2 is 1.79 bits per heavy atom. The molecule has 0 radical (unpaired) electrons. The number of hydrogen-bond donors (Lipinski definition) is 1. The monoisotopic (exact) mass is 532 g/mol. The molecular formula is C28H33ClN8O. The fourth-order valence-corrected chi connectivity index (χ4v) is 4.78. The van der Waals surface area contributed by atoms with Crippen LogP contribution in [0, 0.1) is 0 Å². The zero-order chi connectivity index (χ0) is 26.6. The third-order valence-corrected chi connectivity index (χ3v) is 7.05. The Hall–Kier alpha value is -3.53. The van der Waals surface area contributed by atoms with Crippen LogP contribution in [0.15, 0.2) is 59.8 Å². The maximum absolute atomic E-state index is 11.9. The van der Waals surface area contributed by atoms with Crippen LogP contribution in [0.2, 0.25) is 5.02 Å². The molecule has 1 saturated heterocycles. The van der Waals surface area contributed by atoms with Crippen LogP contribution >= 0.6 is 11.6 Å². The summed E-state index contributed by atoms with van der Waals surface area (Å²) in [4.78, 5) is 33.0. The smallest absolute Gasteiger partial charge is 0.250 e. The highest BCUT2D eigenvalue weighted by Gasteiger charge is 2.21. The second-order valence-corrected chi connectivity index (χ2v) is 10.4. The normalized spacial score (nSPS) is 14.4. The number of piperazine rings is 1. The summed E-state index contributed by atoms with van der Waals surface area (Å²) in [5.74, 6) is 1.48. The Labute approximate surface area is 227 Å². The van der Waals surface area contributed by atoms with Gasteiger partial charge in [-0.15, -0.1) is 0 Å². The third-order valence-electron chi connectivity index (χ3n) is 6.84. The van der Waals surface area contributed by atoms with Gasteiger partial charge in [0.05, 0.1) is 10.5 Å². The molecule has 38 heavy (non-hydrogen) atoms. The first-order valence-corrected chi connectivity index (χ1v) is 13.2. The average Bonchev–Trinajstić information content (AvgIpc) is 2.92. The summed E-state index contributed by atoms with van der Waals surface area (Å²) in [6.45, 7) is 6.38. The number of aryl methyl sites for hydroxylation is 1. The lowest BCUT2D eigenvalue weighted by atomic mass is 10.0. The van der Waals surface area contributed by atoms with E-state index in [2.05, 4.69) is 45.2 Å². The van der Waals surface area contributed by atoms with Crippen molar-refractivity contribution in [3.8, 4) is 11.1 Å². The van der Waals surface area contributed by atoms with E-state index in [1.165, 1.54) is 0 Å². The third kappa shape index (κ3) is 6.12. The van der Waals surface area contributed by atoms with Gasteiger partial charge >= 0.3 is 0 Å². The van der Waals surface area contributed by atoms with Gasteiger partial charge in [-0.3, -0.25) is 14.7 Å². The molecule has 0 amide bonds. The first-order valence-electron chi connectivity index (χ1n) is 12.8. The number of rotatable bonds is 8. The molecule has 0 unspecified atom stereocenters. The molecular weight excluding hydrogens is 500 g/mol. The van der Waals surface area contributed by atoms with E-state index in [0.29, 0.717) is 11.6 Å². The van der Waals surface area contributed by atoms with Crippen molar-refractivity contribution in [1.29, 1.82) is 0 Å². The largest absolute Gasteiger partial charge is 0.365 e. The quantitative estimate of drug-likeness (QED) is 0.370. The highest BCUT2D eigenvalue weighted by Crippen LogP contribution is 2.29. The second kappa shape index (κ2) is 11.5. The van der Waals surface area contributed by atoms with Gasteiger partial charge in [-0.05, 0) is 55.1 Å². The fourth-order valence-electron chi connectivity index (χ4n) is 4.59. The Balaban J connectivity index is 1.46. The van der Waals surface area contributed by atoms with Crippen LogP contribution < -0.4 is 15.8 Å². The number of nitrogens with zero attached hydrogens (tertiary/aromatic N) is 7. The summed E-state index contributed by atoms with van der Waals surface area (Å²) in [6, 6.07) is 11.5. The predicted molar refractivity (Wildman–Crippen MR) is 154 cm³/mol. The number of aromatic nitrogens is 4. The van der Waals surface area contributed by atoms with Crippen molar-refractivity contribution in [1.82, 2.24) is 29.3 Å². The lowest BCUT2D eigenvalue weighted by molar-refractivity contribution is 0.229. The lowest BCUT2D eigenvalue weighted by Crippen LogP contribution is -2.48. The minimum atomic E-state index is -0.0400. The Bertz CT molecular complexity index is 1480. The predicted octanol–water partition coefficient (Wildman–Crippen LogP) is 3.34. The van der Waals surface area contributed by atoms with Gasteiger partial charge in [-0.1, -0.05) is 17.7 Å². The number of halogens is 1. The van der Waals surface area contributed by atoms with Gasteiger partial charge < -0.3 is 19.7 Å². The number of fused-ring (bicyclic) bond motifs is 1. The van der Waals surface area contributed by atoms with Gasteiger partial charge in [0.2, 0.25) is 11.5 Å². The molecule has 1 aliphatic heterocycles. The molecule has 3 aromatic heterocycles. The van der Waals surface area contributed by atoms with E-state index >= 15 is 0 Å². The number of pyridine rings is 2. The second-order valence-electron chi connectivity index (χ2n) is 9.97. The molecule has 1 aliphatic rings. The molecule has 0 atom stereocenters. The van der Waals surface area contributed by atoms with Crippen LogP contribution in [0.4, 0.5) is 11.8 Å². The molecule has 1 N–H and O–H groups in total.